The van der Waals surface area contributed by atoms with Crippen molar-refractivity contribution in [3.63, 3.8) is 0 Å². The second-order valence-electron chi connectivity index (χ2n) is 5.08. The highest BCUT2D eigenvalue weighted by atomic mass is 32.1. The molecule has 1 aromatic heterocycles. The van der Waals surface area contributed by atoms with Crippen LogP contribution in [0, 0.1) is 10.1 Å². The molecule has 3 aromatic rings. The van der Waals surface area contributed by atoms with Crippen LogP contribution in [0.1, 0.15) is 15.9 Å². The molecule has 0 spiro atoms. The van der Waals surface area contributed by atoms with Crippen molar-refractivity contribution >= 4 is 34.3 Å². The Morgan fingerprint density at radius 2 is 2.00 bits per heavy atom. The van der Waals surface area contributed by atoms with Crippen LogP contribution in [0.25, 0.3) is 11.3 Å². The van der Waals surface area contributed by atoms with Crippen LogP contribution in [0.5, 0.6) is 0 Å². The fourth-order valence-electron chi connectivity index (χ4n) is 2.27. The van der Waals surface area contributed by atoms with E-state index in [4.69, 9.17) is 5.11 Å². The standard InChI is InChI=1S/C17H12N4O4S/c22-16(23)13-8-4-7-12(15(13)21(24)25)9-18-20-17-19-14(10-26-17)11-5-2-1-3-6-11/h1-10H,(H,19,20)(H,22,23). The molecule has 0 fully saturated rings. The second kappa shape index (κ2) is 7.53. The number of aromatic nitrogens is 1. The molecule has 0 radical (unpaired) electrons. The molecule has 0 bridgehead atoms. The number of hydrogen-bond donors (Lipinski definition) is 2. The van der Waals surface area contributed by atoms with Crippen molar-refractivity contribution in [3.8, 4) is 11.3 Å². The number of carboxylic acids is 1. The maximum Gasteiger partial charge on any atom is 0.342 e. The van der Waals surface area contributed by atoms with E-state index in [1.165, 1.54) is 35.8 Å². The third-order valence-corrected chi connectivity index (χ3v) is 4.16. The zero-order valence-corrected chi connectivity index (χ0v) is 14.0. The van der Waals surface area contributed by atoms with Crippen LogP contribution in [-0.2, 0) is 0 Å². The van der Waals surface area contributed by atoms with Crippen molar-refractivity contribution in [3.05, 3.63) is 75.2 Å². The molecule has 26 heavy (non-hydrogen) atoms. The van der Waals surface area contributed by atoms with E-state index < -0.39 is 16.6 Å². The summed E-state index contributed by atoms with van der Waals surface area (Å²) in [5.41, 5.74) is 3.64. The molecule has 0 aliphatic carbocycles. The van der Waals surface area contributed by atoms with Crippen molar-refractivity contribution in [1.82, 2.24) is 4.98 Å². The number of thiazole rings is 1. The van der Waals surface area contributed by atoms with Crippen molar-refractivity contribution in [1.29, 1.82) is 0 Å². The predicted molar refractivity (Wildman–Crippen MR) is 98.8 cm³/mol. The molecular formula is C17H12N4O4S. The molecule has 0 saturated carbocycles. The lowest BCUT2D eigenvalue weighted by molar-refractivity contribution is -0.385. The van der Waals surface area contributed by atoms with Gasteiger partial charge in [-0.05, 0) is 12.1 Å². The van der Waals surface area contributed by atoms with Crippen LogP contribution < -0.4 is 5.43 Å². The molecule has 1 heterocycles. The van der Waals surface area contributed by atoms with Crippen LogP contribution in [0.4, 0.5) is 10.8 Å². The molecule has 2 aromatic carbocycles. The normalized spacial score (nSPS) is 10.8. The van der Waals surface area contributed by atoms with Gasteiger partial charge in [-0.1, -0.05) is 36.4 Å². The topological polar surface area (TPSA) is 118 Å². The highest BCUT2D eigenvalue weighted by molar-refractivity contribution is 7.14. The first kappa shape index (κ1) is 17.2. The Kier molecular flexibility index (Phi) is 4.99. The minimum atomic E-state index is -1.37. The van der Waals surface area contributed by atoms with E-state index >= 15 is 0 Å². The van der Waals surface area contributed by atoms with Gasteiger partial charge in [0, 0.05) is 10.9 Å². The largest absolute Gasteiger partial charge is 0.477 e. The number of aromatic carboxylic acids is 1. The Labute approximate surface area is 151 Å². The fourth-order valence-corrected chi connectivity index (χ4v) is 2.93. The van der Waals surface area contributed by atoms with Gasteiger partial charge in [-0.3, -0.25) is 15.5 Å². The average Bonchev–Trinajstić information content (AvgIpc) is 3.11. The summed E-state index contributed by atoms with van der Waals surface area (Å²) in [6.45, 7) is 0. The van der Waals surface area contributed by atoms with Gasteiger partial charge in [0.15, 0.2) is 0 Å². The number of carboxylic acid groups (broad SMARTS) is 1. The van der Waals surface area contributed by atoms with Crippen LogP contribution >= 0.6 is 11.3 Å². The van der Waals surface area contributed by atoms with Crippen LogP contribution in [0.3, 0.4) is 0 Å². The van der Waals surface area contributed by atoms with E-state index in [-0.39, 0.29) is 11.1 Å². The van der Waals surface area contributed by atoms with Gasteiger partial charge in [0.25, 0.3) is 5.69 Å². The Balaban J connectivity index is 1.80. The summed E-state index contributed by atoms with van der Waals surface area (Å²) in [5, 5.41) is 26.6. The summed E-state index contributed by atoms with van der Waals surface area (Å²) >= 11 is 1.33. The number of benzene rings is 2. The second-order valence-corrected chi connectivity index (χ2v) is 5.94. The quantitative estimate of drug-likeness (QED) is 0.387. The summed E-state index contributed by atoms with van der Waals surface area (Å²) in [4.78, 5) is 26.0. The number of carbonyl (C=O) groups is 1. The number of hydrogen-bond acceptors (Lipinski definition) is 7. The maximum absolute atomic E-state index is 11.2. The van der Waals surface area contributed by atoms with Crippen LogP contribution in [0.2, 0.25) is 0 Å². The summed E-state index contributed by atoms with van der Waals surface area (Å²) in [6.07, 6.45) is 1.20. The lowest BCUT2D eigenvalue weighted by Crippen LogP contribution is -2.05. The smallest absolute Gasteiger partial charge is 0.342 e. The molecule has 0 unspecified atom stereocenters. The molecule has 2 N–H and O–H groups in total. The molecule has 8 nitrogen and oxygen atoms in total. The Morgan fingerprint density at radius 1 is 1.23 bits per heavy atom. The first-order chi connectivity index (χ1) is 12.6. The van der Waals surface area contributed by atoms with E-state index in [0.717, 1.165) is 11.3 Å². The van der Waals surface area contributed by atoms with Gasteiger partial charge in [-0.25, -0.2) is 9.78 Å². The lowest BCUT2D eigenvalue weighted by atomic mass is 10.1. The lowest BCUT2D eigenvalue weighted by Gasteiger charge is -2.01. The van der Waals surface area contributed by atoms with Gasteiger partial charge in [-0.2, -0.15) is 5.10 Å². The van der Waals surface area contributed by atoms with E-state index in [0.29, 0.717) is 5.13 Å². The molecular weight excluding hydrogens is 356 g/mol. The van der Waals surface area contributed by atoms with Gasteiger partial charge < -0.3 is 5.11 Å². The third-order valence-electron chi connectivity index (χ3n) is 3.42. The maximum atomic E-state index is 11.2. The summed E-state index contributed by atoms with van der Waals surface area (Å²) in [5.74, 6) is -1.37. The molecule has 0 aliphatic rings. The minimum absolute atomic E-state index is 0.0854. The van der Waals surface area contributed by atoms with Gasteiger partial charge in [0.05, 0.1) is 22.4 Å². The Bertz CT molecular complexity index is 985. The zero-order chi connectivity index (χ0) is 18.5. The monoisotopic (exact) mass is 368 g/mol. The van der Waals surface area contributed by atoms with Crippen molar-refractivity contribution in [2.75, 3.05) is 5.43 Å². The molecule has 0 amide bonds. The van der Waals surface area contributed by atoms with E-state index in [1.807, 2.05) is 35.7 Å². The number of nitrogens with one attached hydrogen (secondary N) is 1. The summed E-state index contributed by atoms with van der Waals surface area (Å²) in [6, 6.07) is 13.6. The predicted octanol–water partition coefficient (Wildman–Crippen LogP) is 3.86. The first-order valence-corrected chi connectivity index (χ1v) is 8.25. The molecule has 0 saturated heterocycles. The van der Waals surface area contributed by atoms with Crippen molar-refractivity contribution in [2.24, 2.45) is 5.10 Å². The SMILES string of the molecule is O=C(O)c1cccc(C=NNc2nc(-c3ccccc3)cs2)c1[N+](=O)[O-]. The number of para-hydroxylation sites is 1. The number of nitro benzene ring substituents is 1. The third kappa shape index (κ3) is 3.73. The Hall–Kier alpha value is -3.59. The number of nitrogens with zero attached hydrogens (tertiary/aromatic N) is 3. The zero-order valence-electron chi connectivity index (χ0n) is 13.2. The van der Waals surface area contributed by atoms with E-state index in [1.54, 1.807) is 0 Å². The van der Waals surface area contributed by atoms with E-state index in [9.17, 15) is 14.9 Å². The highest BCUT2D eigenvalue weighted by Crippen LogP contribution is 2.25. The number of rotatable bonds is 6. The van der Waals surface area contributed by atoms with Gasteiger partial charge >= 0.3 is 5.97 Å². The van der Waals surface area contributed by atoms with Crippen molar-refractivity contribution < 1.29 is 14.8 Å². The number of nitro groups is 1. The minimum Gasteiger partial charge on any atom is -0.477 e. The number of anilines is 1. The highest BCUT2D eigenvalue weighted by Gasteiger charge is 2.23. The first-order valence-electron chi connectivity index (χ1n) is 7.37. The fraction of sp³-hybridized carbons (Fsp3) is 0. The molecule has 3 rings (SSSR count). The summed E-state index contributed by atoms with van der Waals surface area (Å²) < 4.78 is 0. The molecule has 130 valence electrons. The molecule has 9 heteroatoms. The van der Waals surface area contributed by atoms with Gasteiger partial charge in [0.1, 0.15) is 5.56 Å². The van der Waals surface area contributed by atoms with Crippen molar-refractivity contribution in [2.45, 2.75) is 0 Å². The van der Waals surface area contributed by atoms with Gasteiger partial charge in [0.2, 0.25) is 5.13 Å². The van der Waals surface area contributed by atoms with E-state index in [2.05, 4.69) is 15.5 Å². The molecule has 0 aliphatic heterocycles. The van der Waals surface area contributed by atoms with Gasteiger partial charge in [-0.15, -0.1) is 11.3 Å². The summed E-state index contributed by atoms with van der Waals surface area (Å²) in [7, 11) is 0. The Morgan fingerprint density at radius 3 is 2.69 bits per heavy atom. The van der Waals surface area contributed by atoms with Crippen LogP contribution in [0.15, 0.2) is 59.0 Å². The average molecular weight is 368 g/mol. The van der Waals surface area contributed by atoms with Crippen LogP contribution in [-0.4, -0.2) is 27.2 Å². The molecule has 0 atom stereocenters. The number of hydrazone groups is 1.